The molecule has 0 aliphatic carbocycles. The summed E-state index contributed by atoms with van der Waals surface area (Å²) in [5.41, 5.74) is 1.44. The number of hydrogen-bond donors (Lipinski definition) is 1. The molecule has 3 aromatic rings. The third-order valence-corrected chi connectivity index (χ3v) is 5.51. The van der Waals surface area contributed by atoms with Crippen molar-refractivity contribution in [1.29, 1.82) is 0 Å². The summed E-state index contributed by atoms with van der Waals surface area (Å²) >= 11 is 5.89. The Morgan fingerprint density at radius 2 is 1.57 bits per heavy atom. The fourth-order valence-electron chi connectivity index (χ4n) is 3.63. The molecule has 0 saturated carbocycles. The van der Waals surface area contributed by atoms with Gasteiger partial charge in [-0.15, -0.1) is 0 Å². The van der Waals surface area contributed by atoms with Crippen LogP contribution >= 0.6 is 11.6 Å². The molecular formula is C23H21ClN2O2. The number of carbonyl (C=O) groups excluding carboxylic acids is 2. The molecule has 3 aromatic carbocycles. The van der Waals surface area contributed by atoms with Crippen LogP contribution in [0.2, 0.25) is 5.02 Å². The predicted molar refractivity (Wildman–Crippen MR) is 113 cm³/mol. The number of hydrogen-bond acceptors (Lipinski definition) is 2. The lowest BCUT2D eigenvalue weighted by Crippen LogP contribution is -2.41. The Kier molecular flexibility index (Phi) is 5.31. The molecule has 0 bridgehead atoms. The molecule has 0 spiro atoms. The van der Waals surface area contributed by atoms with Crippen molar-refractivity contribution in [3.8, 4) is 0 Å². The van der Waals surface area contributed by atoms with E-state index >= 15 is 0 Å². The largest absolute Gasteiger partial charge is 0.339 e. The fraction of sp³-hybridized carbons (Fsp3) is 0.217. The Balaban J connectivity index is 1.35. The van der Waals surface area contributed by atoms with Gasteiger partial charge >= 0.3 is 0 Å². The number of piperidine rings is 1. The van der Waals surface area contributed by atoms with Crippen LogP contribution in [-0.2, 0) is 4.79 Å². The van der Waals surface area contributed by atoms with E-state index in [9.17, 15) is 9.59 Å². The normalized spacial score (nSPS) is 14.8. The summed E-state index contributed by atoms with van der Waals surface area (Å²) in [6.07, 6.45) is 1.33. The van der Waals surface area contributed by atoms with Gasteiger partial charge in [0.25, 0.3) is 5.91 Å². The van der Waals surface area contributed by atoms with Crippen LogP contribution in [0.15, 0.2) is 66.7 Å². The molecule has 5 heteroatoms. The quantitative estimate of drug-likeness (QED) is 0.683. The van der Waals surface area contributed by atoms with Crippen LogP contribution in [0.1, 0.15) is 23.2 Å². The second-order valence-corrected chi connectivity index (χ2v) is 7.56. The summed E-state index contributed by atoms with van der Waals surface area (Å²) in [6.45, 7) is 1.16. The molecule has 4 rings (SSSR count). The highest BCUT2D eigenvalue weighted by atomic mass is 35.5. The van der Waals surface area contributed by atoms with Crippen molar-refractivity contribution < 1.29 is 9.59 Å². The van der Waals surface area contributed by atoms with Crippen molar-refractivity contribution in [3.63, 3.8) is 0 Å². The second-order valence-electron chi connectivity index (χ2n) is 7.12. The summed E-state index contributed by atoms with van der Waals surface area (Å²) in [5.74, 6) is -0.0698. The van der Waals surface area contributed by atoms with E-state index in [1.165, 1.54) is 0 Å². The zero-order valence-electron chi connectivity index (χ0n) is 15.4. The van der Waals surface area contributed by atoms with Gasteiger partial charge in [-0.05, 0) is 60.0 Å². The van der Waals surface area contributed by atoms with Crippen LogP contribution in [0.3, 0.4) is 0 Å². The lowest BCUT2D eigenvalue weighted by molar-refractivity contribution is -0.121. The van der Waals surface area contributed by atoms with Gasteiger partial charge in [0.1, 0.15) is 0 Å². The Labute approximate surface area is 169 Å². The third-order valence-electron chi connectivity index (χ3n) is 5.26. The molecule has 1 heterocycles. The molecule has 1 saturated heterocycles. The molecule has 0 unspecified atom stereocenters. The second kappa shape index (κ2) is 8.03. The molecule has 142 valence electrons. The Bertz CT molecular complexity index is 1010. The number of benzene rings is 3. The SMILES string of the molecule is O=C(Nc1ccc2ccccc2c1)C1CCN(C(=O)c2ccc(Cl)cc2)CC1. The first kappa shape index (κ1) is 18.5. The molecule has 4 nitrogen and oxygen atoms in total. The summed E-state index contributed by atoms with van der Waals surface area (Å²) in [6, 6.07) is 20.9. The molecule has 1 aliphatic rings. The topological polar surface area (TPSA) is 49.4 Å². The maximum Gasteiger partial charge on any atom is 0.253 e. The van der Waals surface area contributed by atoms with Crippen LogP contribution < -0.4 is 5.32 Å². The molecule has 0 aromatic heterocycles. The van der Waals surface area contributed by atoms with E-state index in [4.69, 9.17) is 11.6 Å². The maximum atomic E-state index is 12.7. The van der Waals surface area contributed by atoms with Gasteiger partial charge in [-0.2, -0.15) is 0 Å². The average Bonchev–Trinajstić information content (AvgIpc) is 2.74. The number of amides is 2. The fourth-order valence-corrected chi connectivity index (χ4v) is 3.76. The number of carbonyl (C=O) groups is 2. The van der Waals surface area contributed by atoms with Crippen LogP contribution in [0.25, 0.3) is 10.8 Å². The smallest absolute Gasteiger partial charge is 0.253 e. The van der Waals surface area contributed by atoms with E-state index in [0.29, 0.717) is 36.5 Å². The zero-order chi connectivity index (χ0) is 19.5. The highest BCUT2D eigenvalue weighted by Crippen LogP contribution is 2.23. The molecule has 0 atom stereocenters. The zero-order valence-corrected chi connectivity index (χ0v) is 16.2. The van der Waals surface area contributed by atoms with Crippen molar-refractivity contribution >= 4 is 39.9 Å². The van der Waals surface area contributed by atoms with Crippen LogP contribution in [0, 0.1) is 5.92 Å². The van der Waals surface area contributed by atoms with E-state index in [2.05, 4.69) is 5.32 Å². The third kappa shape index (κ3) is 4.02. The molecule has 2 amide bonds. The Morgan fingerprint density at radius 3 is 2.29 bits per heavy atom. The number of nitrogens with zero attached hydrogens (tertiary/aromatic N) is 1. The van der Waals surface area contributed by atoms with Crippen molar-refractivity contribution in [2.45, 2.75) is 12.8 Å². The van der Waals surface area contributed by atoms with Gasteiger partial charge in [-0.25, -0.2) is 0 Å². The number of halogens is 1. The van der Waals surface area contributed by atoms with Gasteiger partial charge in [0.2, 0.25) is 5.91 Å². The molecule has 1 fully saturated rings. The minimum atomic E-state index is -0.0826. The minimum absolute atomic E-state index is 0.00921. The maximum absolute atomic E-state index is 12.7. The van der Waals surface area contributed by atoms with Gasteiger partial charge in [0, 0.05) is 35.3 Å². The standard InChI is InChI=1S/C23H21ClN2O2/c24-20-8-5-18(6-9-20)23(28)26-13-11-17(12-14-26)22(27)25-21-10-7-16-3-1-2-4-19(16)15-21/h1-10,15,17H,11-14H2,(H,25,27). The van der Waals surface area contributed by atoms with E-state index in [0.717, 1.165) is 16.5 Å². The minimum Gasteiger partial charge on any atom is -0.339 e. The number of rotatable bonds is 3. The number of nitrogens with one attached hydrogen (secondary N) is 1. The molecule has 1 N–H and O–H groups in total. The van der Waals surface area contributed by atoms with Gasteiger partial charge in [0.15, 0.2) is 0 Å². The molecular weight excluding hydrogens is 372 g/mol. The van der Waals surface area contributed by atoms with Gasteiger partial charge in [-0.1, -0.05) is 41.9 Å². The predicted octanol–water partition coefficient (Wildman–Crippen LogP) is 4.98. The summed E-state index contributed by atoms with van der Waals surface area (Å²) in [4.78, 5) is 27.1. The first-order valence-electron chi connectivity index (χ1n) is 9.45. The van der Waals surface area contributed by atoms with Crippen molar-refractivity contribution in [2.24, 2.45) is 5.92 Å². The summed E-state index contributed by atoms with van der Waals surface area (Å²) < 4.78 is 0. The van der Waals surface area contributed by atoms with Crippen LogP contribution in [-0.4, -0.2) is 29.8 Å². The van der Waals surface area contributed by atoms with Gasteiger partial charge in [-0.3, -0.25) is 9.59 Å². The van der Waals surface area contributed by atoms with Crippen LogP contribution in [0.4, 0.5) is 5.69 Å². The monoisotopic (exact) mass is 392 g/mol. The van der Waals surface area contributed by atoms with Crippen molar-refractivity contribution in [2.75, 3.05) is 18.4 Å². The van der Waals surface area contributed by atoms with Crippen molar-refractivity contribution in [3.05, 3.63) is 77.3 Å². The van der Waals surface area contributed by atoms with E-state index in [-0.39, 0.29) is 17.7 Å². The van der Waals surface area contributed by atoms with E-state index in [1.807, 2.05) is 47.4 Å². The van der Waals surface area contributed by atoms with E-state index < -0.39 is 0 Å². The van der Waals surface area contributed by atoms with Crippen molar-refractivity contribution in [1.82, 2.24) is 4.90 Å². The Morgan fingerprint density at radius 1 is 0.893 bits per heavy atom. The Hall–Kier alpha value is -2.85. The van der Waals surface area contributed by atoms with Gasteiger partial charge in [0.05, 0.1) is 0 Å². The molecule has 28 heavy (non-hydrogen) atoms. The summed E-state index contributed by atoms with van der Waals surface area (Å²) in [5, 5.41) is 5.89. The van der Waals surface area contributed by atoms with Crippen LogP contribution in [0.5, 0.6) is 0 Å². The molecule has 0 radical (unpaired) electrons. The lowest BCUT2D eigenvalue weighted by atomic mass is 9.95. The molecule has 1 aliphatic heterocycles. The first-order chi connectivity index (χ1) is 13.6. The van der Waals surface area contributed by atoms with E-state index in [1.54, 1.807) is 24.3 Å². The van der Waals surface area contributed by atoms with Gasteiger partial charge < -0.3 is 10.2 Å². The average molecular weight is 393 g/mol. The number of likely N-dealkylation sites (tertiary alicyclic amines) is 1. The number of fused-ring (bicyclic) bond motifs is 1. The lowest BCUT2D eigenvalue weighted by Gasteiger charge is -2.31. The first-order valence-corrected chi connectivity index (χ1v) is 9.82. The highest BCUT2D eigenvalue weighted by Gasteiger charge is 2.27. The highest BCUT2D eigenvalue weighted by molar-refractivity contribution is 6.30. The number of anilines is 1. The summed E-state index contributed by atoms with van der Waals surface area (Å²) in [7, 11) is 0.